The summed E-state index contributed by atoms with van der Waals surface area (Å²) < 4.78 is 5.66. The first kappa shape index (κ1) is 19.6. The molecule has 0 saturated heterocycles. The number of nitro groups is 1. The lowest BCUT2D eigenvalue weighted by molar-refractivity contribution is -0.384. The maximum Gasteiger partial charge on any atom is 0.296 e. The Morgan fingerprint density at radius 2 is 2.06 bits per heavy atom. The Labute approximate surface area is 183 Å². The van der Waals surface area contributed by atoms with Crippen LogP contribution in [0.15, 0.2) is 76.7 Å². The standard InChI is InChI=1S/C21H12N4O6S/c26-18(14-5-3-9-31-14)16-17(13-4-1-2-8-22-13)24(20(28)19(16)27)21-23-12-7-6-11(25(29)30)10-15(12)32-21/h1-10,17,27H. The van der Waals surface area contributed by atoms with Gasteiger partial charge < -0.3 is 9.52 Å². The second-order valence-electron chi connectivity index (χ2n) is 6.81. The molecule has 158 valence electrons. The topological polar surface area (TPSA) is 140 Å². The summed E-state index contributed by atoms with van der Waals surface area (Å²) in [5, 5.41) is 21.9. The average molecular weight is 448 g/mol. The number of non-ortho nitro benzene ring substituents is 1. The molecule has 10 nitrogen and oxygen atoms in total. The van der Waals surface area contributed by atoms with Crippen molar-refractivity contribution in [2.45, 2.75) is 6.04 Å². The fraction of sp³-hybridized carbons (Fsp3) is 0.0476. The number of amides is 1. The van der Waals surface area contributed by atoms with E-state index in [0.29, 0.717) is 15.9 Å². The molecule has 1 amide bonds. The van der Waals surface area contributed by atoms with Gasteiger partial charge in [0.15, 0.2) is 16.7 Å². The number of Topliss-reactive ketones (excluding diaryl/α,β-unsaturated/α-hetero) is 1. The predicted octanol–water partition coefficient (Wildman–Crippen LogP) is 3.98. The van der Waals surface area contributed by atoms with Crippen molar-refractivity contribution >= 4 is 44.1 Å². The van der Waals surface area contributed by atoms with Crippen molar-refractivity contribution in [3.05, 3.63) is 93.9 Å². The molecule has 3 aromatic heterocycles. The Kier molecular flexibility index (Phi) is 4.52. The Hall–Kier alpha value is -4.38. The summed E-state index contributed by atoms with van der Waals surface area (Å²) in [5.41, 5.74) is 0.476. The van der Waals surface area contributed by atoms with Gasteiger partial charge in [0, 0.05) is 18.3 Å². The van der Waals surface area contributed by atoms with Gasteiger partial charge in [0.25, 0.3) is 11.6 Å². The van der Waals surface area contributed by atoms with Crippen molar-refractivity contribution in [3.8, 4) is 0 Å². The minimum absolute atomic E-state index is 0.0398. The molecule has 0 radical (unpaired) electrons. The number of hydrogen-bond donors (Lipinski definition) is 1. The van der Waals surface area contributed by atoms with Crippen LogP contribution in [-0.2, 0) is 4.79 Å². The molecule has 1 unspecified atom stereocenters. The van der Waals surface area contributed by atoms with Gasteiger partial charge in [-0.2, -0.15) is 0 Å². The van der Waals surface area contributed by atoms with Gasteiger partial charge in [-0.25, -0.2) is 4.98 Å². The Bertz CT molecular complexity index is 1410. The van der Waals surface area contributed by atoms with E-state index in [1.165, 1.54) is 47.7 Å². The second kappa shape index (κ2) is 7.39. The SMILES string of the molecule is O=C(C1=C(O)C(=O)N(c2nc3ccc([N+](=O)[O-])cc3s2)C1c1ccccn1)c1ccco1. The molecule has 32 heavy (non-hydrogen) atoms. The first-order valence-corrected chi connectivity index (χ1v) is 10.1. The van der Waals surface area contributed by atoms with Gasteiger partial charge in [0.1, 0.15) is 6.04 Å². The number of furan rings is 1. The van der Waals surface area contributed by atoms with Gasteiger partial charge in [-0.05, 0) is 30.3 Å². The number of aliphatic hydroxyl groups is 1. The van der Waals surface area contributed by atoms with Crippen LogP contribution in [0.25, 0.3) is 10.2 Å². The molecule has 1 aliphatic rings. The lowest BCUT2D eigenvalue weighted by Gasteiger charge is -2.23. The van der Waals surface area contributed by atoms with E-state index in [9.17, 15) is 24.8 Å². The number of hydrogen-bond acceptors (Lipinski definition) is 9. The molecular formula is C21H12N4O6S. The van der Waals surface area contributed by atoms with Crippen molar-refractivity contribution in [3.63, 3.8) is 0 Å². The third-order valence-electron chi connectivity index (χ3n) is 4.94. The van der Waals surface area contributed by atoms with Gasteiger partial charge in [0.05, 0.1) is 32.7 Å². The fourth-order valence-electron chi connectivity index (χ4n) is 3.51. The molecule has 0 fully saturated rings. The van der Waals surface area contributed by atoms with E-state index in [4.69, 9.17) is 4.42 Å². The molecule has 1 N–H and O–H groups in total. The van der Waals surface area contributed by atoms with E-state index in [2.05, 4.69) is 9.97 Å². The van der Waals surface area contributed by atoms with Gasteiger partial charge in [-0.3, -0.25) is 29.6 Å². The minimum atomic E-state index is -1.06. The van der Waals surface area contributed by atoms with Crippen LogP contribution in [0, 0.1) is 10.1 Å². The highest BCUT2D eigenvalue weighted by Gasteiger charge is 2.47. The van der Waals surface area contributed by atoms with E-state index >= 15 is 0 Å². The molecule has 1 aromatic carbocycles. The quantitative estimate of drug-likeness (QED) is 0.275. The van der Waals surface area contributed by atoms with Crippen LogP contribution in [0.2, 0.25) is 0 Å². The largest absolute Gasteiger partial charge is 0.503 e. The normalized spacial score (nSPS) is 16.2. The molecule has 0 bridgehead atoms. The molecule has 4 aromatic rings. The zero-order chi connectivity index (χ0) is 22.4. The molecule has 1 aliphatic heterocycles. The Morgan fingerprint density at radius 1 is 1.22 bits per heavy atom. The summed E-state index contributed by atoms with van der Waals surface area (Å²) >= 11 is 1.03. The lowest BCUT2D eigenvalue weighted by atomic mass is 9.99. The highest BCUT2D eigenvalue weighted by Crippen LogP contribution is 2.43. The highest BCUT2D eigenvalue weighted by molar-refractivity contribution is 7.22. The third-order valence-corrected chi connectivity index (χ3v) is 5.96. The summed E-state index contributed by atoms with van der Waals surface area (Å²) in [4.78, 5) is 46.6. The van der Waals surface area contributed by atoms with E-state index < -0.39 is 28.4 Å². The minimum Gasteiger partial charge on any atom is -0.503 e. The summed E-state index contributed by atoms with van der Waals surface area (Å²) in [6.45, 7) is 0. The second-order valence-corrected chi connectivity index (χ2v) is 7.82. The van der Waals surface area contributed by atoms with Gasteiger partial charge in [-0.15, -0.1) is 0 Å². The zero-order valence-corrected chi connectivity index (χ0v) is 16.9. The van der Waals surface area contributed by atoms with Gasteiger partial charge in [0.2, 0.25) is 5.78 Å². The maximum absolute atomic E-state index is 13.1. The molecule has 5 rings (SSSR count). The number of aliphatic hydroxyl groups excluding tert-OH is 1. The number of benzene rings is 1. The smallest absolute Gasteiger partial charge is 0.296 e. The summed E-state index contributed by atoms with van der Waals surface area (Å²) in [5.74, 6) is -2.26. The molecule has 11 heteroatoms. The van der Waals surface area contributed by atoms with Crippen LogP contribution >= 0.6 is 11.3 Å². The first-order valence-electron chi connectivity index (χ1n) is 9.26. The maximum atomic E-state index is 13.1. The van der Waals surface area contributed by atoms with Crippen LogP contribution in [-0.4, -0.2) is 31.7 Å². The number of nitrogens with zero attached hydrogens (tertiary/aromatic N) is 4. The van der Waals surface area contributed by atoms with Crippen LogP contribution < -0.4 is 4.90 Å². The van der Waals surface area contributed by atoms with E-state index in [-0.39, 0.29) is 22.2 Å². The van der Waals surface area contributed by atoms with Gasteiger partial charge >= 0.3 is 0 Å². The molecular weight excluding hydrogens is 436 g/mol. The number of ketones is 1. The van der Waals surface area contributed by atoms with Crippen molar-refractivity contribution in [1.82, 2.24) is 9.97 Å². The van der Waals surface area contributed by atoms with Crippen LogP contribution in [0.5, 0.6) is 0 Å². The molecule has 4 heterocycles. The first-order chi connectivity index (χ1) is 15.5. The number of carbonyl (C=O) groups excluding carboxylic acids is 2. The number of thiazole rings is 1. The van der Waals surface area contributed by atoms with E-state index in [1.54, 1.807) is 18.2 Å². The number of rotatable bonds is 5. The lowest BCUT2D eigenvalue weighted by Crippen LogP contribution is -2.31. The Morgan fingerprint density at radius 3 is 2.75 bits per heavy atom. The Balaban J connectivity index is 1.66. The number of carbonyl (C=O) groups is 2. The van der Waals surface area contributed by atoms with Crippen LogP contribution in [0.3, 0.4) is 0 Å². The van der Waals surface area contributed by atoms with Gasteiger partial charge in [-0.1, -0.05) is 17.4 Å². The van der Waals surface area contributed by atoms with E-state index in [1.807, 2.05) is 0 Å². The zero-order valence-electron chi connectivity index (χ0n) is 16.0. The summed E-state index contributed by atoms with van der Waals surface area (Å²) in [7, 11) is 0. The predicted molar refractivity (Wildman–Crippen MR) is 113 cm³/mol. The molecule has 1 atom stereocenters. The summed E-state index contributed by atoms with van der Waals surface area (Å²) in [6, 6.07) is 11.0. The third kappa shape index (κ3) is 3.03. The highest BCUT2D eigenvalue weighted by atomic mass is 32.1. The number of pyridine rings is 1. The fourth-order valence-corrected chi connectivity index (χ4v) is 4.54. The van der Waals surface area contributed by atoms with Crippen molar-refractivity contribution in [2.75, 3.05) is 4.90 Å². The van der Waals surface area contributed by atoms with Crippen molar-refractivity contribution < 1.29 is 24.0 Å². The molecule has 0 aliphatic carbocycles. The number of anilines is 1. The number of aromatic nitrogens is 2. The number of nitro benzene ring substituents is 1. The molecule has 0 spiro atoms. The van der Waals surface area contributed by atoms with Crippen molar-refractivity contribution in [2.24, 2.45) is 0 Å². The van der Waals surface area contributed by atoms with Crippen LogP contribution in [0.1, 0.15) is 22.3 Å². The average Bonchev–Trinajstić information content (AvgIpc) is 3.52. The summed E-state index contributed by atoms with van der Waals surface area (Å²) in [6.07, 6.45) is 2.82. The monoisotopic (exact) mass is 448 g/mol. The van der Waals surface area contributed by atoms with Crippen LogP contribution in [0.4, 0.5) is 10.8 Å². The number of fused-ring (bicyclic) bond motifs is 1. The van der Waals surface area contributed by atoms with Crippen molar-refractivity contribution in [1.29, 1.82) is 0 Å². The molecule has 0 saturated carbocycles. The van der Waals surface area contributed by atoms with E-state index in [0.717, 1.165) is 11.3 Å².